The number of allylic oxidation sites excluding steroid dienone is 1. The number of anilines is 1. The summed E-state index contributed by atoms with van der Waals surface area (Å²) in [6.07, 6.45) is 7.25. The highest BCUT2D eigenvalue weighted by atomic mass is 16.5. The lowest BCUT2D eigenvalue weighted by Crippen LogP contribution is -2.37. The molecule has 0 N–H and O–H groups in total. The fourth-order valence-corrected chi connectivity index (χ4v) is 2.08. The van der Waals surface area contributed by atoms with E-state index < -0.39 is 0 Å². The SMILES string of the molecule is C=CCC[C@@H](CN(C)CCN(C)C)Oc1cncc(N(C)C)n1. The first-order valence-corrected chi connectivity index (χ1v) is 8.02. The van der Waals surface area contributed by atoms with Crippen molar-refractivity contribution in [2.75, 3.05) is 59.8 Å². The van der Waals surface area contributed by atoms with Crippen LogP contribution in [0.15, 0.2) is 25.0 Å². The van der Waals surface area contributed by atoms with Gasteiger partial charge in [-0.15, -0.1) is 6.58 Å². The number of likely N-dealkylation sites (N-methyl/N-ethyl adjacent to an activating group) is 2. The topological polar surface area (TPSA) is 44.7 Å². The molecule has 0 radical (unpaired) electrons. The Labute approximate surface area is 140 Å². The number of nitrogens with zero attached hydrogens (tertiary/aromatic N) is 5. The van der Waals surface area contributed by atoms with Crippen LogP contribution in [0.3, 0.4) is 0 Å². The van der Waals surface area contributed by atoms with Crippen LogP contribution in [0.4, 0.5) is 5.82 Å². The van der Waals surface area contributed by atoms with Crippen LogP contribution >= 0.6 is 0 Å². The quantitative estimate of drug-likeness (QED) is 0.579. The largest absolute Gasteiger partial charge is 0.472 e. The molecule has 23 heavy (non-hydrogen) atoms. The molecule has 1 aromatic rings. The predicted molar refractivity (Wildman–Crippen MR) is 96.3 cm³/mol. The normalized spacial score (nSPS) is 12.5. The molecular formula is C17H31N5O. The summed E-state index contributed by atoms with van der Waals surface area (Å²) in [5.74, 6) is 1.37. The van der Waals surface area contributed by atoms with Gasteiger partial charge in [0.25, 0.3) is 0 Å². The van der Waals surface area contributed by atoms with Gasteiger partial charge in [0, 0.05) is 33.7 Å². The van der Waals surface area contributed by atoms with Crippen LogP contribution in [0.5, 0.6) is 5.88 Å². The minimum Gasteiger partial charge on any atom is -0.472 e. The van der Waals surface area contributed by atoms with E-state index in [0.29, 0.717) is 5.88 Å². The lowest BCUT2D eigenvalue weighted by Gasteiger charge is -2.25. The number of ether oxygens (including phenoxy) is 1. The molecule has 0 aromatic carbocycles. The summed E-state index contributed by atoms with van der Waals surface area (Å²) in [4.78, 5) is 15.1. The van der Waals surface area contributed by atoms with Gasteiger partial charge < -0.3 is 19.4 Å². The zero-order chi connectivity index (χ0) is 17.2. The fraction of sp³-hybridized carbons (Fsp3) is 0.647. The van der Waals surface area contributed by atoms with Crippen LogP contribution in [0.1, 0.15) is 12.8 Å². The summed E-state index contributed by atoms with van der Waals surface area (Å²) in [6, 6.07) is 0. The van der Waals surface area contributed by atoms with Gasteiger partial charge in [-0.2, -0.15) is 4.98 Å². The third kappa shape index (κ3) is 7.95. The van der Waals surface area contributed by atoms with E-state index in [1.165, 1.54) is 0 Å². The lowest BCUT2D eigenvalue weighted by atomic mass is 10.2. The second-order valence-corrected chi connectivity index (χ2v) is 6.28. The summed E-state index contributed by atoms with van der Waals surface area (Å²) >= 11 is 0. The van der Waals surface area contributed by atoms with E-state index >= 15 is 0 Å². The van der Waals surface area contributed by atoms with E-state index in [2.05, 4.69) is 47.5 Å². The highest BCUT2D eigenvalue weighted by molar-refractivity contribution is 5.34. The number of aromatic nitrogens is 2. The van der Waals surface area contributed by atoms with Crippen molar-refractivity contribution in [2.45, 2.75) is 18.9 Å². The summed E-state index contributed by atoms with van der Waals surface area (Å²) < 4.78 is 6.08. The van der Waals surface area contributed by atoms with E-state index in [-0.39, 0.29) is 6.10 Å². The monoisotopic (exact) mass is 321 g/mol. The molecule has 0 saturated carbocycles. The van der Waals surface area contributed by atoms with Gasteiger partial charge in [0.15, 0.2) is 5.82 Å². The van der Waals surface area contributed by atoms with Crippen molar-refractivity contribution in [3.63, 3.8) is 0 Å². The van der Waals surface area contributed by atoms with Gasteiger partial charge in [0.05, 0.1) is 12.4 Å². The molecule has 6 nitrogen and oxygen atoms in total. The second-order valence-electron chi connectivity index (χ2n) is 6.28. The average Bonchev–Trinajstić information content (AvgIpc) is 2.50. The van der Waals surface area contributed by atoms with E-state index in [4.69, 9.17) is 4.74 Å². The van der Waals surface area contributed by atoms with Crippen LogP contribution in [0.25, 0.3) is 0 Å². The predicted octanol–water partition coefficient (Wildman–Crippen LogP) is 1.75. The first-order valence-electron chi connectivity index (χ1n) is 8.02. The molecule has 0 fully saturated rings. The van der Waals surface area contributed by atoms with Crippen molar-refractivity contribution in [1.29, 1.82) is 0 Å². The third-order valence-corrected chi connectivity index (χ3v) is 3.48. The van der Waals surface area contributed by atoms with Gasteiger partial charge in [0.1, 0.15) is 6.10 Å². The molecule has 1 rings (SSSR count). The summed E-state index contributed by atoms with van der Waals surface area (Å²) in [5.41, 5.74) is 0. The molecule has 0 aliphatic carbocycles. The van der Waals surface area contributed by atoms with Crippen LogP contribution in [-0.2, 0) is 0 Å². The molecule has 6 heteroatoms. The lowest BCUT2D eigenvalue weighted by molar-refractivity contribution is 0.130. The van der Waals surface area contributed by atoms with Crippen molar-refractivity contribution in [2.24, 2.45) is 0 Å². The Morgan fingerprint density at radius 1 is 1.17 bits per heavy atom. The molecule has 1 aromatic heterocycles. The molecule has 0 saturated heterocycles. The summed E-state index contributed by atoms with van der Waals surface area (Å²) in [6.45, 7) is 6.69. The molecule has 0 bridgehead atoms. The maximum absolute atomic E-state index is 6.08. The highest BCUT2D eigenvalue weighted by Gasteiger charge is 2.14. The Balaban J connectivity index is 2.66. The van der Waals surface area contributed by atoms with Crippen LogP contribution in [0.2, 0.25) is 0 Å². The van der Waals surface area contributed by atoms with Crippen LogP contribution in [-0.4, -0.2) is 80.7 Å². The maximum Gasteiger partial charge on any atom is 0.234 e. The smallest absolute Gasteiger partial charge is 0.234 e. The summed E-state index contributed by atoms with van der Waals surface area (Å²) in [7, 11) is 10.2. The Morgan fingerprint density at radius 2 is 1.91 bits per heavy atom. The molecule has 1 atom stereocenters. The minimum atomic E-state index is 0.0758. The second kappa shape index (κ2) is 10.2. The standard InChI is InChI=1S/C17H31N5O/c1-7-8-9-15(14-22(6)11-10-20(2)3)23-17-13-18-12-16(19-17)21(4)5/h7,12-13,15H,1,8-11,14H2,2-6H3/t15-/m0/s1. The molecule has 0 aliphatic heterocycles. The average molecular weight is 321 g/mol. The molecule has 0 unspecified atom stereocenters. The Hall–Kier alpha value is -1.66. The van der Waals surface area contributed by atoms with Crippen LogP contribution in [0, 0.1) is 0 Å². The van der Waals surface area contributed by atoms with Crippen LogP contribution < -0.4 is 9.64 Å². The Morgan fingerprint density at radius 3 is 2.52 bits per heavy atom. The minimum absolute atomic E-state index is 0.0758. The van der Waals surface area contributed by atoms with Gasteiger partial charge >= 0.3 is 0 Å². The van der Waals surface area contributed by atoms with Gasteiger partial charge in [-0.05, 0) is 34.0 Å². The van der Waals surface area contributed by atoms with Crippen molar-refractivity contribution in [3.05, 3.63) is 25.0 Å². The molecule has 1 heterocycles. The first kappa shape index (κ1) is 19.4. The molecule has 0 spiro atoms. The van der Waals surface area contributed by atoms with E-state index in [1.54, 1.807) is 12.4 Å². The maximum atomic E-state index is 6.08. The molecule has 0 aliphatic rings. The van der Waals surface area contributed by atoms with Gasteiger partial charge in [-0.25, -0.2) is 0 Å². The highest BCUT2D eigenvalue weighted by Crippen LogP contribution is 2.15. The first-order chi connectivity index (χ1) is 10.9. The number of hydrogen-bond acceptors (Lipinski definition) is 6. The van der Waals surface area contributed by atoms with E-state index in [9.17, 15) is 0 Å². The zero-order valence-electron chi connectivity index (χ0n) is 15.2. The van der Waals surface area contributed by atoms with Gasteiger partial charge in [-0.1, -0.05) is 6.08 Å². The molecule has 0 amide bonds. The zero-order valence-corrected chi connectivity index (χ0v) is 15.2. The number of rotatable bonds is 11. The van der Waals surface area contributed by atoms with Crippen molar-refractivity contribution in [3.8, 4) is 5.88 Å². The van der Waals surface area contributed by atoms with Crippen molar-refractivity contribution < 1.29 is 4.74 Å². The Bertz CT molecular complexity index is 464. The summed E-state index contributed by atoms with van der Waals surface area (Å²) in [5, 5.41) is 0. The van der Waals surface area contributed by atoms with E-state index in [0.717, 1.165) is 38.3 Å². The van der Waals surface area contributed by atoms with Gasteiger partial charge in [-0.3, -0.25) is 4.98 Å². The number of hydrogen-bond donors (Lipinski definition) is 0. The van der Waals surface area contributed by atoms with Crippen molar-refractivity contribution in [1.82, 2.24) is 19.8 Å². The fourth-order valence-electron chi connectivity index (χ4n) is 2.08. The van der Waals surface area contributed by atoms with Gasteiger partial charge in [0.2, 0.25) is 5.88 Å². The Kier molecular flexibility index (Phi) is 8.58. The molecule has 130 valence electrons. The van der Waals surface area contributed by atoms with E-state index in [1.807, 2.05) is 25.1 Å². The van der Waals surface area contributed by atoms with Crippen molar-refractivity contribution >= 4 is 5.82 Å². The molecular weight excluding hydrogens is 290 g/mol. The third-order valence-electron chi connectivity index (χ3n) is 3.48.